The summed E-state index contributed by atoms with van der Waals surface area (Å²) in [6, 6.07) is 1.55. The van der Waals surface area contributed by atoms with Gasteiger partial charge < -0.3 is 9.47 Å². The average molecular weight is 274 g/mol. The third-order valence-corrected chi connectivity index (χ3v) is 2.14. The summed E-state index contributed by atoms with van der Waals surface area (Å²) in [5, 5.41) is 0. The van der Waals surface area contributed by atoms with Crippen LogP contribution in [0, 0.1) is 13.8 Å². The van der Waals surface area contributed by atoms with E-state index >= 15 is 0 Å². The van der Waals surface area contributed by atoms with E-state index in [1.165, 1.54) is 13.8 Å². The molecule has 8 heteroatoms. The molecule has 1 aromatic rings. The molecule has 0 aliphatic rings. The molecule has 0 saturated heterocycles. The Balaban J connectivity index is 3.06. The summed E-state index contributed by atoms with van der Waals surface area (Å²) in [5.41, 5.74) is -0.150. The van der Waals surface area contributed by atoms with Crippen LogP contribution in [0.1, 0.15) is 11.1 Å². The second-order valence-electron chi connectivity index (χ2n) is 3.41. The highest BCUT2D eigenvalue weighted by Crippen LogP contribution is 2.34. The lowest BCUT2D eigenvalue weighted by Gasteiger charge is -2.16. The summed E-state index contributed by atoms with van der Waals surface area (Å²) in [7, 11) is 0. The maximum absolute atomic E-state index is 12.0. The molecule has 102 valence electrons. The fourth-order valence-electron chi connectivity index (χ4n) is 1.24. The first-order valence-corrected chi connectivity index (χ1v) is 4.61. The number of alkyl halides is 6. The van der Waals surface area contributed by atoms with Crippen LogP contribution in [0.4, 0.5) is 26.3 Å². The Labute approximate surface area is 98.1 Å². The Kier molecular flexibility index (Phi) is 3.68. The van der Waals surface area contributed by atoms with Crippen LogP contribution in [0.2, 0.25) is 0 Å². The highest BCUT2D eigenvalue weighted by molar-refractivity contribution is 5.47. The number of halogens is 6. The van der Waals surface area contributed by atoms with E-state index in [0.29, 0.717) is 0 Å². The van der Waals surface area contributed by atoms with E-state index in [1.807, 2.05) is 0 Å². The zero-order valence-electron chi connectivity index (χ0n) is 9.24. The van der Waals surface area contributed by atoms with Crippen LogP contribution in [-0.2, 0) is 0 Å². The van der Waals surface area contributed by atoms with Crippen molar-refractivity contribution in [2.45, 2.75) is 26.6 Å². The van der Waals surface area contributed by atoms with Crippen LogP contribution >= 0.6 is 0 Å². The molecule has 0 N–H and O–H groups in total. The number of hydrogen-bond donors (Lipinski definition) is 0. The summed E-state index contributed by atoms with van der Waals surface area (Å²) in [4.78, 5) is 0. The van der Waals surface area contributed by atoms with Crippen molar-refractivity contribution in [3.8, 4) is 11.5 Å². The lowest BCUT2D eigenvalue weighted by Crippen LogP contribution is -2.20. The van der Waals surface area contributed by atoms with Gasteiger partial charge in [-0.05, 0) is 37.1 Å². The fourth-order valence-corrected chi connectivity index (χ4v) is 1.24. The zero-order valence-corrected chi connectivity index (χ0v) is 9.24. The molecule has 0 heterocycles. The molecule has 1 rings (SSSR count). The summed E-state index contributed by atoms with van der Waals surface area (Å²) in [5.74, 6) is -1.12. The molecule has 1 aromatic carbocycles. The van der Waals surface area contributed by atoms with Crippen LogP contribution in [0.25, 0.3) is 0 Å². The molecule has 2 nitrogen and oxygen atoms in total. The van der Waals surface area contributed by atoms with Gasteiger partial charge in [0.2, 0.25) is 0 Å². The van der Waals surface area contributed by atoms with Crippen LogP contribution < -0.4 is 9.47 Å². The standard InChI is InChI=1S/C10H8F6O2/c1-5-6(2)8(18-10(14,15)16)4-3-7(5)17-9(11,12)13/h3-4H,1-2H3. The van der Waals surface area contributed by atoms with E-state index in [-0.39, 0.29) is 11.1 Å². The Hall–Kier alpha value is -1.60. The van der Waals surface area contributed by atoms with Crippen molar-refractivity contribution in [2.24, 2.45) is 0 Å². The van der Waals surface area contributed by atoms with Crippen molar-refractivity contribution in [2.75, 3.05) is 0 Å². The van der Waals surface area contributed by atoms with E-state index in [1.54, 1.807) is 0 Å². The quantitative estimate of drug-likeness (QED) is 0.756. The van der Waals surface area contributed by atoms with Crippen molar-refractivity contribution in [1.82, 2.24) is 0 Å². The van der Waals surface area contributed by atoms with Gasteiger partial charge in [-0.25, -0.2) is 0 Å². The second-order valence-corrected chi connectivity index (χ2v) is 3.41. The van der Waals surface area contributed by atoms with E-state index in [0.717, 1.165) is 12.1 Å². The first kappa shape index (κ1) is 14.5. The van der Waals surface area contributed by atoms with Gasteiger partial charge >= 0.3 is 12.7 Å². The normalized spacial score (nSPS) is 12.4. The zero-order chi connectivity index (χ0) is 14.1. The van der Waals surface area contributed by atoms with Crippen LogP contribution in [0.15, 0.2) is 12.1 Å². The predicted octanol–water partition coefficient (Wildman–Crippen LogP) is 4.10. The summed E-state index contributed by atoms with van der Waals surface area (Å²) < 4.78 is 79.3. The number of hydrogen-bond acceptors (Lipinski definition) is 2. The minimum absolute atomic E-state index is 0.0749. The first-order chi connectivity index (χ1) is 7.99. The second kappa shape index (κ2) is 4.58. The van der Waals surface area contributed by atoms with Crippen molar-refractivity contribution in [1.29, 1.82) is 0 Å². The van der Waals surface area contributed by atoms with Gasteiger partial charge in [0.15, 0.2) is 0 Å². The Morgan fingerprint density at radius 3 is 1.22 bits per heavy atom. The SMILES string of the molecule is Cc1c(OC(F)(F)F)ccc(OC(F)(F)F)c1C. The van der Waals surface area contributed by atoms with E-state index < -0.39 is 24.2 Å². The van der Waals surface area contributed by atoms with Crippen molar-refractivity contribution < 1.29 is 35.8 Å². The predicted molar refractivity (Wildman–Crippen MR) is 49.3 cm³/mol. The molecule has 0 amide bonds. The topological polar surface area (TPSA) is 18.5 Å². The third kappa shape index (κ3) is 4.01. The van der Waals surface area contributed by atoms with Gasteiger partial charge in [0.1, 0.15) is 11.5 Å². The van der Waals surface area contributed by atoms with E-state index in [2.05, 4.69) is 9.47 Å². The molecule has 0 unspecified atom stereocenters. The highest BCUT2D eigenvalue weighted by Gasteiger charge is 2.34. The fraction of sp³-hybridized carbons (Fsp3) is 0.400. The molecule has 0 saturated carbocycles. The van der Waals surface area contributed by atoms with E-state index in [9.17, 15) is 26.3 Å². The molecule has 0 atom stereocenters. The van der Waals surface area contributed by atoms with Gasteiger partial charge in [-0.2, -0.15) is 0 Å². The molecule has 0 fully saturated rings. The number of benzene rings is 1. The monoisotopic (exact) mass is 274 g/mol. The van der Waals surface area contributed by atoms with E-state index in [4.69, 9.17) is 0 Å². The van der Waals surface area contributed by atoms with Crippen LogP contribution in [0.5, 0.6) is 11.5 Å². The molecular formula is C10H8F6O2. The lowest BCUT2D eigenvalue weighted by molar-refractivity contribution is -0.277. The van der Waals surface area contributed by atoms with Gasteiger partial charge in [-0.1, -0.05) is 0 Å². The third-order valence-electron chi connectivity index (χ3n) is 2.14. The maximum Gasteiger partial charge on any atom is 0.573 e. The summed E-state index contributed by atoms with van der Waals surface area (Å²) in [6.07, 6.45) is -9.80. The molecule has 18 heavy (non-hydrogen) atoms. The lowest BCUT2D eigenvalue weighted by atomic mass is 10.1. The van der Waals surface area contributed by atoms with Crippen molar-refractivity contribution >= 4 is 0 Å². The Morgan fingerprint density at radius 1 is 0.722 bits per heavy atom. The van der Waals surface area contributed by atoms with Gasteiger partial charge in [-0.3, -0.25) is 0 Å². The maximum atomic E-state index is 12.0. The number of ether oxygens (including phenoxy) is 2. The molecule has 0 aliphatic carbocycles. The first-order valence-electron chi connectivity index (χ1n) is 4.61. The molecule has 0 radical (unpaired) electrons. The number of rotatable bonds is 2. The van der Waals surface area contributed by atoms with Crippen molar-refractivity contribution in [3.05, 3.63) is 23.3 Å². The molecule has 0 bridgehead atoms. The molecular weight excluding hydrogens is 266 g/mol. The minimum atomic E-state index is -4.90. The average Bonchev–Trinajstić information content (AvgIpc) is 2.14. The summed E-state index contributed by atoms with van der Waals surface area (Å²) in [6.45, 7) is 2.42. The van der Waals surface area contributed by atoms with Gasteiger partial charge in [0.25, 0.3) is 0 Å². The summed E-state index contributed by atoms with van der Waals surface area (Å²) >= 11 is 0. The Bertz CT molecular complexity index is 394. The van der Waals surface area contributed by atoms with Gasteiger partial charge in [0, 0.05) is 0 Å². The Morgan fingerprint density at radius 2 is 1.00 bits per heavy atom. The van der Waals surface area contributed by atoms with Gasteiger partial charge in [-0.15, -0.1) is 26.3 Å². The highest BCUT2D eigenvalue weighted by atomic mass is 19.4. The molecule has 0 aromatic heterocycles. The molecule has 0 spiro atoms. The molecule has 0 aliphatic heterocycles. The van der Waals surface area contributed by atoms with Crippen LogP contribution in [0.3, 0.4) is 0 Å². The minimum Gasteiger partial charge on any atom is -0.405 e. The van der Waals surface area contributed by atoms with Gasteiger partial charge in [0.05, 0.1) is 0 Å². The van der Waals surface area contributed by atoms with Crippen molar-refractivity contribution in [3.63, 3.8) is 0 Å². The largest absolute Gasteiger partial charge is 0.573 e. The van der Waals surface area contributed by atoms with Crippen LogP contribution in [-0.4, -0.2) is 12.7 Å². The smallest absolute Gasteiger partial charge is 0.405 e.